The molecule has 3 rings (SSSR count). The molecule has 1 aromatic carbocycles. The van der Waals surface area contributed by atoms with Gasteiger partial charge in [0.1, 0.15) is 11.9 Å². The van der Waals surface area contributed by atoms with E-state index in [9.17, 15) is 0 Å². The Kier molecular flexibility index (Phi) is 3.21. The minimum atomic E-state index is 0.143. The molecule has 2 N–H and O–H groups in total. The molecule has 0 bridgehead atoms. The van der Waals surface area contributed by atoms with E-state index in [0.717, 1.165) is 30.8 Å². The molecule has 0 aliphatic carbocycles. The third-order valence-electron chi connectivity index (χ3n) is 3.33. The molecule has 19 heavy (non-hydrogen) atoms. The van der Waals surface area contributed by atoms with Crippen LogP contribution < -0.4 is 10.5 Å². The Labute approximate surface area is 112 Å². The molecule has 1 aliphatic heterocycles. The first kappa shape index (κ1) is 12.2. The molecule has 0 fully saturated rings. The van der Waals surface area contributed by atoms with Gasteiger partial charge in [-0.25, -0.2) is 4.68 Å². The van der Waals surface area contributed by atoms with Gasteiger partial charge in [-0.3, -0.25) is 0 Å². The second kappa shape index (κ2) is 5.01. The van der Waals surface area contributed by atoms with Crippen molar-refractivity contribution in [1.29, 1.82) is 0 Å². The second-order valence-electron chi connectivity index (χ2n) is 5.03. The molecule has 0 spiro atoms. The van der Waals surface area contributed by atoms with Gasteiger partial charge in [0.25, 0.3) is 0 Å². The van der Waals surface area contributed by atoms with Gasteiger partial charge in [0.15, 0.2) is 0 Å². The van der Waals surface area contributed by atoms with Crippen molar-refractivity contribution >= 4 is 0 Å². The Morgan fingerprint density at radius 1 is 1.47 bits per heavy atom. The zero-order chi connectivity index (χ0) is 13.2. The fraction of sp³-hybridized carbons (Fsp3) is 0.429. The number of fused-ring (bicyclic) bond motifs is 1. The van der Waals surface area contributed by atoms with Crippen molar-refractivity contribution in [3.8, 4) is 5.75 Å². The van der Waals surface area contributed by atoms with E-state index in [4.69, 9.17) is 10.5 Å². The summed E-state index contributed by atoms with van der Waals surface area (Å²) in [4.78, 5) is 0. The number of hydrogen-bond acceptors (Lipinski definition) is 4. The quantitative estimate of drug-likeness (QED) is 0.891. The predicted molar refractivity (Wildman–Crippen MR) is 72.1 cm³/mol. The zero-order valence-corrected chi connectivity index (χ0v) is 11.0. The number of benzene rings is 1. The summed E-state index contributed by atoms with van der Waals surface area (Å²) in [6.07, 6.45) is 3.79. The molecule has 2 aromatic rings. The number of hydrogen-bond donors (Lipinski definition) is 1. The summed E-state index contributed by atoms with van der Waals surface area (Å²) in [5.74, 6) is 0.998. The number of aryl methyl sites for hydroxylation is 1. The predicted octanol–water partition coefficient (Wildman–Crippen LogP) is 1.09. The van der Waals surface area contributed by atoms with Crippen molar-refractivity contribution in [2.45, 2.75) is 32.4 Å². The lowest BCUT2D eigenvalue weighted by Gasteiger charge is -2.09. The second-order valence-corrected chi connectivity index (χ2v) is 5.03. The maximum absolute atomic E-state index is 5.92. The molecule has 0 saturated heterocycles. The maximum Gasteiger partial charge on any atom is 0.123 e. The largest absolute Gasteiger partial charge is 0.488 e. The fourth-order valence-corrected chi connectivity index (χ4v) is 2.45. The van der Waals surface area contributed by atoms with Crippen molar-refractivity contribution < 1.29 is 4.74 Å². The van der Waals surface area contributed by atoms with Crippen LogP contribution in [-0.2, 0) is 19.4 Å². The SMILES string of the molecule is Cc1ccc2c(c1)CC(Cn1cc(CCN)nn1)O2. The van der Waals surface area contributed by atoms with Crippen molar-refractivity contribution in [3.63, 3.8) is 0 Å². The molecule has 0 radical (unpaired) electrons. The molecule has 2 heterocycles. The highest BCUT2D eigenvalue weighted by Gasteiger charge is 2.23. The van der Waals surface area contributed by atoms with Crippen molar-refractivity contribution in [1.82, 2.24) is 15.0 Å². The molecule has 100 valence electrons. The molecule has 0 amide bonds. The van der Waals surface area contributed by atoms with Gasteiger partial charge >= 0.3 is 0 Å². The van der Waals surface area contributed by atoms with Crippen molar-refractivity contribution in [2.75, 3.05) is 6.54 Å². The lowest BCUT2D eigenvalue weighted by molar-refractivity contribution is 0.202. The highest BCUT2D eigenvalue weighted by atomic mass is 16.5. The van der Waals surface area contributed by atoms with Crippen LogP contribution in [0.5, 0.6) is 5.75 Å². The van der Waals surface area contributed by atoms with E-state index >= 15 is 0 Å². The van der Waals surface area contributed by atoms with Gasteiger partial charge in [0, 0.05) is 19.0 Å². The monoisotopic (exact) mass is 258 g/mol. The molecule has 1 aliphatic rings. The third kappa shape index (κ3) is 2.61. The van der Waals surface area contributed by atoms with Gasteiger partial charge in [0.2, 0.25) is 0 Å². The smallest absolute Gasteiger partial charge is 0.123 e. The van der Waals surface area contributed by atoms with Crippen molar-refractivity contribution in [3.05, 3.63) is 41.2 Å². The highest BCUT2D eigenvalue weighted by molar-refractivity contribution is 5.40. The van der Waals surface area contributed by atoms with Crippen LogP contribution in [0.1, 0.15) is 16.8 Å². The topological polar surface area (TPSA) is 66.0 Å². The Morgan fingerprint density at radius 2 is 2.37 bits per heavy atom. The number of nitrogens with two attached hydrogens (primary N) is 1. The Morgan fingerprint density at radius 3 is 3.21 bits per heavy atom. The molecule has 1 aromatic heterocycles. The van der Waals surface area contributed by atoms with Crippen LogP contribution in [-0.4, -0.2) is 27.6 Å². The van der Waals surface area contributed by atoms with Gasteiger partial charge in [-0.15, -0.1) is 5.10 Å². The van der Waals surface area contributed by atoms with Gasteiger partial charge in [-0.1, -0.05) is 22.9 Å². The summed E-state index contributed by atoms with van der Waals surface area (Å²) in [5.41, 5.74) is 9.00. The lowest BCUT2D eigenvalue weighted by atomic mass is 10.1. The van der Waals surface area contributed by atoms with E-state index in [2.05, 4.69) is 29.4 Å². The lowest BCUT2D eigenvalue weighted by Crippen LogP contribution is -2.21. The Hall–Kier alpha value is -1.88. The van der Waals surface area contributed by atoms with E-state index in [1.807, 2.05) is 16.9 Å². The normalized spacial score (nSPS) is 17.3. The van der Waals surface area contributed by atoms with Crippen LogP contribution in [0.3, 0.4) is 0 Å². The van der Waals surface area contributed by atoms with E-state index in [-0.39, 0.29) is 6.10 Å². The summed E-state index contributed by atoms with van der Waals surface area (Å²) in [5, 5.41) is 8.20. The fourth-order valence-electron chi connectivity index (χ4n) is 2.45. The number of nitrogens with zero attached hydrogens (tertiary/aromatic N) is 3. The van der Waals surface area contributed by atoms with Crippen LogP contribution in [0.15, 0.2) is 24.4 Å². The number of aromatic nitrogens is 3. The molecular formula is C14H18N4O. The summed E-state index contributed by atoms with van der Waals surface area (Å²) in [6, 6.07) is 6.32. The highest BCUT2D eigenvalue weighted by Crippen LogP contribution is 2.29. The minimum Gasteiger partial charge on any atom is -0.488 e. The molecule has 5 nitrogen and oxygen atoms in total. The van der Waals surface area contributed by atoms with Crippen LogP contribution in [0.2, 0.25) is 0 Å². The first-order valence-electron chi connectivity index (χ1n) is 6.60. The molecule has 1 atom stereocenters. The van der Waals surface area contributed by atoms with Crippen LogP contribution in [0.25, 0.3) is 0 Å². The van der Waals surface area contributed by atoms with Crippen LogP contribution in [0.4, 0.5) is 0 Å². The van der Waals surface area contributed by atoms with Crippen LogP contribution >= 0.6 is 0 Å². The standard InChI is InChI=1S/C14H18N4O/c1-10-2-3-14-11(6-10)7-13(19-14)9-18-8-12(4-5-15)16-17-18/h2-3,6,8,13H,4-5,7,9,15H2,1H3. The van der Waals surface area contributed by atoms with Crippen molar-refractivity contribution in [2.24, 2.45) is 5.73 Å². The summed E-state index contributed by atoms with van der Waals surface area (Å²) in [6.45, 7) is 3.43. The third-order valence-corrected chi connectivity index (χ3v) is 3.33. The van der Waals surface area contributed by atoms with E-state index < -0.39 is 0 Å². The van der Waals surface area contributed by atoms with Gasteiger partial charge < -0.3 is 10.5 Å². The average Bonchev–Trinajstić information content (AvgIpc) is 2.96. The molecule has 0 saturated carbocycles. The molecule has 1 unspecified atom stereocenters. The number of rotatable bonds is 4. The maximum atomic E-state index is 5.92. The minimum absolute atomic E-state index is 0.143. The summed E-state index contributed by atoms with van der Waals surface area (Å²) >= 11 is 0. The Balaban J connectivity index is 1.66. The van der Waals surface area contributed by atoms with E-state index in [0.29, 0.717) is 6.54 Å². The molecular weight excluding hydrogens is 240 g/mol. The van der Waals surface area contributed by atoms with Crippen LogP contribution in [0, 0.1) is 6.92 Å². The first-order valence-corrected chi connectivity index (χ1v) is 6.60. The number of ether oxygens (including phenoxy) is 1. The first-order chi connectivity index (χ1) is 9.24. The van der Waals surface area contributed by atoms with E-state index in [1.165, 1.54) is 11.1 Å². The zero-order valence-electron chi connectivity index (χ0n) is 11.0. The van der Waals surface area contributed by atoms with Gasteiger partial charge in [-0.05, 0) is 25.1 Å². The Bertz CT molecular complexity index is 579. The van der Waals surface area contributed by atoms with Gasteiger partial charge in [-0.2, -0.15) is 0 Å². The average molecular weight is 258 g/mol. The summed E-state index contributed by atoms with van der Waals surface area (Å²) < 4.78 is 7.76. The van der Waals surface area contributed by atoms with Gasteiger partial charge in [0.05, 0.1) is 12.2 Å². The summed E-state index contributed by atoms with van der Waals surface area (Å²) in [7, 11) is 0. The molecule has 5 heteroatoms. The van der Waals surface area contributed by atoms with E-state index in [1.54, 1.807) is 0 Å².